The molecule has 0 saturated carbocycles. The molecule has 0 atom stereocenters. The number of benzene rings is 7. The van der Waals surface area contributed by atoms with Crippen molar-refractivity contribution in [2.24, 2.45) is 0 Å². The van der Waals surface area contributed by atoms with E-state index in [9.17, 15) is 0 Å². The zero-order valence-corrected chi connectivity index (χ0v) is 23.7. The number of rotatable bonds is 3. The largest absolute Gasteiger partial charge is 0.453 e. The van der Waals surface area contributed by atoms with Gasteiger partial charge in [-0.3, -0.25) is 0 Å². The minimum absolute atomic E-state index is 0.816. The van der Waals surface area contributed by atoms with Crippen molar-refractivity contribution in [3.8, 4) is 34.1 Å². The molecule has 2 aliphatic heterocycles. The van der Waals surface area contributed by atoms with Crippen molar-refractivity contribution >= 4 is 44.9 Å². The molecule has 0 aliphatic carbocycles. The number of hydrogen-bond acceptors (Lipinski definition) is 4. The molecule has 0 fully saturated rings. The molecule has 2 heterocycles. The van der Waals surface area contributed by atoms with Crippen LogP contribution in [0.5, 0.6) is 23.0 Å². The number of anilines is 6. The first-order valence-corrected chi connectivity index (χ1v) is 14.8. The molecule has 0 saturated heterocycles. The summed E-state index contributed by atoms with van der Waals surface area (Å²) in [5.74, 6) is 3.34. The van der Waals surface area contributed by atoms with Gasteiger partial charge >= 0.3 is 0 Å². The molecule has 208 valence electrons. The fourth-order valence-corrected chi connectivity index (χ4v) is 6.36. The highest BCUT2D eigenvalue weighted by Crippen LogP contribution is 2.55. The van der Waals surface area contributed by atoms with Crippen LogP contribution in [-0.2, 0) is 0 Å². The van der Waals surface area contributed by atoms with E-state index in [1.54, 1.807) is 0 Å². The van der Waals surface area contributed by atoms with Gasteiger partial charge < -0.3 is 19.3 Å². The van der Waals surface area contributed by atoms with Crippen LogP contribution >= 0.6 is 0 Å². The zero-order valence-electron chi connectivity index (χ0n) is 23.7. The first kappa shape index (κ1) is 24.6. The lowest BCUT2D eigenvalue weighted by Gasteiger charge is -2.34. The standard InChI is InChI=1S/C40H26N2O2/c1-3-12-30(13-4-1)41-33-17-9-10-18-37(33)43-39-26-29(20-22-34(39)41)28-21-24-38-36(25-28)42(31-14-5-2-6-15-31)35-23-19-27-11-7-8-16-32(27)40(35)44-38/h1-26H. The summed E-state index contributed by atoms with van der Waals surface area (Å²) in [5, 5.41) is 2.25. The maximum Gasteiger partial charge on any atom is 0.159 e. The van der Waals surface area contributed by atoms with Crippen molar-refractivity contribution in [3.05, 3.63) is 158 Å². The van der Waals surface area contributed by atoms with E-state index < -0.39 is 0 Å². The van der Waals surface area contributed by atoms with Gasteiger partial charge in [-0.25, -0.2) is 0 Å². The number of fused-ring (bicyclic) bond motifs is 6. The molecule has 0 aromatic heterocycles. The first-order chi connectivity index (χ1) is 21.8. The van der Waals surface area contributed by atoms with Crippen LogP contribution in [-0.4, -0.2) is 0 Å². The Kier molecular flexibility index (Phi) is 5.47. The lowest BCUT2D eigenvalue weighted by molar-refractivity contribution is 0.477. The average Bonchev–Trinajstić information content (AvgIpc) is 3.09. The minimum Gasteiger partial charge on any atom is -0.453 e. The molecular formula is C40H26N2O2. The molecule has 4 nitrogen and oxygen atoms in total. The van der Waals surface area contributed by atoms with E-state index >= 15 is 0 Å². The third kappa shape index (κ3) is 3.85. The van der Waals surface area contributed by atoms with Gasteiger partial charge in [0.15, 0.2) is 23.0 Å². The van der Waals surface area contributed by atoms with Crippen molar-refractivity contribution in [2.75, 3.05) is 9.80 Å². The molecule has 9 rings (SSSR count). The molecule has 0 N–H and O–H groups in total. The van der Waals surface area contributed by atoms with Gasteiger partial charge in [0.25, 0.3) is 0 Å². The quantitative estimate of drug-likeness (QED) is 0.212. The highest BCUT2D eigenvalue weighted by molar-refractivity contribution is 6.00. The molecule has 2 aliphatic rings. The average molecular weight is 567 g/mol. The Balaban J connectivity index is 1.18. The fraction of sp³-hybridized carbons (Fsp3) is 0. The molecule has 7 aromatic rings. The van der Waals surface area contributed by atoms with Gasteiger partial charge in [0.05, 0.1) is 22.7 Å². The van der Waals surface area contributed by atoms with E-state index in [1.807, 2.05) is 30.3 Å². The summed E-state index contributed by atoms with van der Waals surface area (Å²) >= 11 is 0. The van der Waals surface area contributed by atoms with Crippen LogP contribution < -0.4 is 19.3 Å². The third-order valence-electron chi connectivity index (χ3n) is 8.40. The van der Waals surface area contributed by atoms with Crippen molar-refractivity contribution in [3.63, 3.8) is 0 Å². The zero-order chi connectivity index (χ0) is 29.0. The van der Waals surface area contributed by atoms with E-state index in [4.69, 9.17) is 9.47 Å². The van der Waals surface area contributed by atoms with E-state index in [-0.39, 0.29) is 0 Å². The monoisotopic (exact) mass is 566 g/mol. The highest BCUT2D eigenvalue weighted by atomic mass is 16.5. The Hall–Kier alpha value is -6.00. The van der Waals surface area contributed by atoms with Gasteiger partial charge in [-0.05, 0) is 83.2 Å². The molecule has 0 radical (unpaired) electrons. The number of para-hydroxylation sites is 4. The Morgan fingerprint density at radius 2 is 0.955 bits per heavy atom. The summed E-state index contributed by atoms with van der Waals surface area (Å²) < 4.78 is 13.2. The normalized spacial score (nSPS) is 12.8. The van der Waals surface area contributed by atoms with Crippen molar-refractivity contribution < 1.29 is 9.47 Å². The summed E-state index contributed by atoms with van der Waals surface area (Å²) in [4.78, 5) is 4.56. The topological polar surface area (TPSA) is 24.9 Å². The van der Waals surface area contributed by atoms with Gasteiger partial charge in [0.1, 0.15) is 0 Å². The van der Waals surface area contributed by atoms with Crippen molar-refractivity contribution in [1.29, 1.82) is 0 Å². The van der Waals surface area contributed by atoms with Crippen LogP contribution in [0.25, 0.3) is 21.9 Å². The van der Waals surface area contributed by atoms with Gasteiger partial charge in [-0.2, -0.15) is 0 Å². The molecule has 7 aromatic carbocycles. The summed E-state index contributed by atoms with van der Waals surface area (Å²) in [6.45, 7) is 0. The van der Waals surface area contributed by atoms with Crippen LogP contribution in [0.15, 0.2) is 158 Å². The third-order valence-corrected chi connectivity index (χ3v) is 8.40. The number of hydrogen-bond donors (Lipinski definition) is 0. The molecular weight excluding hydrogens is 540 g/mol. The second-order valence-electron chi connectivity index (χ2n) is 11.0. The van der Waals surface area contributed by atoms with Crippen LogP contribution in [0.3, 0.4) is 0 Å². The van der Waals surface area contributed by atoms with E-state index in [0.29, 0.717) is 0 Å². The Labute approximate surface area is 255 Å². The highest BCUT2D eigenvalue weighted by Gasteiger charge is 2.29. The van der Waals surface area contributed by atoms with Gasteiger partial charge in [-0.1, -0.05) is 91.0 Å². The predicted octanol–water partition coefficient (Wildman–Crippen LogP) is 11.7. The van der Waals surface area contributed by atoms with E-state index in [1.165, 1.54) is 0 Å². The Morgan fingerprint density at radius 1 is 0.364 bits per heavy atom. The molecule has 44 heavy (non-hydrogen) atoms. The van der Waals surface area contributed by atoms with Gasteiger partial charge in [0, 0.05) is 16.8 Å². The SMILES string of the molecule is c1ccc(N2c3ccccc3Oc3cc(-c4ccc5c(c4)N(c4ccccc4)c4ccc6ccccc6c4O5)ccc32)cc1. The number of nitrogens with zero attached hydrogens (tertiary/aromatic N) is 2. The fourth-order valence-electron chi connectivity index (χ4n) is 6.36. The summed E-state index contributed by atoms with van der Waals surface area (Å²) in [6.07, 6.45) is 0. The molecule has 0 amide bonds. The lowest BCUT2D eigenvalue weighted by atomic mass is 10.00. The van der Waals surface area contributed by atoms with Crippen molar-refractivity contribution in [2.45, 2.75) is 0 Å². The second kappa shape index (κ2) is 9.79. The maximum absolute atomic E-state index is 6.65. The van der Waals surface area contributed by atoms with Gasteiger partial charge in [-0.15, -0.1) is 0 Å². The predicted molar refractivity (Wildman–Crippen MR) is 179 cm³/mol. The molecule has 0 spiro atoms. The Morgan fingerprint density at radius 3 is 1.77 bits per heavy atom. The molecule has 4 heteroatoms. The lowest BCUT2D eigenvalue weighted by Crippen LogP contribution is -2.16. The summed E-state index contributed by atoms with van der Waals surface area (Å²) in [5.41, 5.74) is 8.35. The van der Waals surface area contributed by atoms with E-state index in [2.05, 4.69) is 137 Å². The van der Waals surface area contributed by atoms with Gasteiger partial charge in [0.2, 0.25) is 0 Å². The van der Waals surface area contributed by atoms with E-state index in [0.717, 1.165) is 79.0 Å². The maximum atomic E-state index is 6.65. The first-order valence-electron chi connectivity index (χ1n) is 14.8. The second-order valence-corrected chi connectivity index (χ2v) is 11.0. The smallest absolute Gasteiger partial charge is 0.159 e. The van der Waals surface area contributed by atoms with Crippen LogP contribution in [0.2, 0.25) is 0 Å². The van der Waals surface area contributed by atoms with Crippen molar-refractivity contribution in [1.82, 2.24) is 0 Å². The van der Waals surface area contributed by atoms with Crippen LogP contribution in [0.1, 0.15) is 0 Å². The molecule has 0 bridgehead atoms. The molecule has 0 unspecified atom stereocenters. The van der Waals surface area contributed by atoms with Crippen LogP contribution in [0, 0.1) is 0 Å². The summed E-state index contributed by atoms with van der Waals surface area (Å²) in [6, 6.07) is 54.7. The summed E-state index contributed by atoms with van der Waals surface area (Å²) in [7, 11) is 0. The Bertz CT molecular complexity index is 2190. The minimum atomic E-state index is 0.816. The number of ether oxygens (including phenoxy) is 2. The van der Waals surface area contributed by atoms with Crippen LogP contribution in [0.4, 0.5) is 34.1 Å².